The molecule has 0 aliphatic carbocycles. The van der Waals surface area contributed by atoms with Crippen LogP contribution in [0.25, 0.3) is 0 Å². The van der Waals surface area contributed by atoms with Gasteiger partial charge in [-0.15, -0.1) is 0 Å². The van der Waals surface area contributed by atoms with E-state index in [1.807, 2.05) is 6.92 Å². The number of unbranched alkanes of at least 4 members (excludes halogenated alkanes) is 2. The maximum absolute atomic E-state index is 11.2. The Morgan fingerprint density at radius 3 is 1.91 bits per heavy atom. The van der Waals surface area contributed by atoms with Crippen LogP contribution in [0.4, 0.5) is 0 Å². The standard InChI is InChI=1S/C16H36O4Si3/c1-10-11-12-13-21(4,5)19-23(8,9)20-22(6,7)15(3)14(2)16(17)18/h10-13H2,1-9H3,(H,17,18)/b15-14+. The van der Waals surface area contributed by atoms with Crippen molar-refractivity contribution in [2.45, 2.75) is 85.4 Å². The molecule has 0 atom stereocenters. The predicted octanol–water partition coefficient (Wildman–Crippen LogP) is 5.28. The Bertz CT molecular complexity index is 443. The van der Waals surface area contributed by atoms with Crippen LogP contribution in [0.2, 0.25) is 45.3 Å². The molecule has 0 saturated heterocycles. The number of carboxylic acid groups (broad SMARTS) is 1. The maximum Gasteiger partial charge on any atom is 0.330 e. The Labute approximate surface area is 145 Å². The molecule has 4 nitrogen and oxygen atoms in total. The summed E-state index contributed by atoms with van der Waals surface area (Å²) in [7, 11) is -6.26. The van der Waals surface area contributed by atoms with Crippen LogP contribution in [0.1, 0.15) is 40.0 Å². The van der Waals surface area contributed by atoms with Gasteiger partial charge in [0.05, 0.1) is 0 Å². The largest absolute Gasteiger partial charge is 0.478 e. The Hall–Kier alpha value is -0.219. The molecular weight excluding hydrogens is 340 g/mol. The Balaban J connectivity index is 5.03. The van der Waals surface area contributed by atoms with E-state index in [0.29, 0.717) is 5.57 Å². The maximum atomic E-state index is 11.2. The van der Waals surface area contributed by atoms with Crippen LogP contribution in [0.5, 0.6) is 0 Å². The number of hydrogen-bond donors (Lipinski definition) is 1. The highest BCUT2D eigenvalue weighted by Gasteiger charge is 2.40. The van der Waals surface area contributed by atoms with Gasteiger partial charge in [-0.25, -0.2) is 4.79 Å². The van der Waals surface area contributed by atoms with Crippen molar-refractivity contribution in [2.24, 2.45) is 0 Å². The third-order valence-electron chi connectivity index (χ3n) is 4.19. The Kier molecular flexibility index (Phi) is 8.67. The minimum atomic E-state index is -2.28. The van der Waals surface area contributed by atoms with Crippen LogP contribution >= 0.6 is 0 Å². The minimum Gasteiger partial charge on any atom is -0.478 e. The smallest absolute Gasteiger partial charge is 0.330 e. The van der Waals surface area contributed by atoms with E-state index in [-0.39, 0.29) is 0 Å². The summed E-state index contributed by atoms with van der Waals surface area (Å²) in [4.78, 5) is 11.2. The molecule has 0 aliphatic rings. The van der Waals surface area contributed by atoms with Crippen molar-refractivity contribution in [1.82, 2.24) is 0 Å². The van der Waals surface area contributed by atoms with Crippen molar-refractivity contribution in [3.8, 4) is 0 Å². The minimum absolute atomic E-state index is 0.408. The normalized spacial score (nSPS) is 14.7. The molecule has 0 rings (SSSR count). The number of carboxylic acids is 1. The molecule has 0 radical (unpaired) electrons. The van der Waals surface area contributed by atoms with Crippen LogP contribution in [-0.2, 0) is 13.0 Å². The first-order valence-electron chi connectivity index (χ1n) is 8.55. The van der Waals surface area contributed by atoms with Gasteiger partial charge < -0.3 is 13.3 Å². The molecule has 0 amide bonds. The van der Waals surface area contributed by atoms with Gasteiger partial charge >= 0.3 is 14.5 Å². The molecule has 0 bridgehead atoms. The second kappa shape index (κ2) is 8.75. The molecule has 0 unspecified atom stereocenters. The lowest BCUT2D eigenvalue weighted by Gasteiger charge is -2.39. The lowest BCUT2D eigenvalue weighted by Crippen LogP contribution is -2.53. The zero-order valence-corrected chi connectivity index (χ0v) is 19.5. The van der Waals surface area contributed by atoms with Gasteiger partial charge in [-0.3, -0.25) is 0 Å². The summed E-state index contributed by atoms with van der Waals surface area (Å²) in [5.74, 6) is -0.860. The molecular formula is C16H36O4Si3. The van der Waals surface area contributed by atoms with Gasteiger partial charge in [-0.05, 0) is 64.4 Å². The van der Waals surface area contributed by atoms with Crippen LogP contribution in [0.15, 0.2) is 10.8 Å². The molecule has 7 heteroatoms. The fourth-order valence-electron chi connectivity index (χ4n) is 2.84. The summed E-state index contributed by atoms with van der Waals surface area (Å²) in [5.41, 5.74) is 0.408. The van der Waals surface area contributed by atoms with Crippen molar-refractivity contribution in [3.63, 3.8) is 0 Å². The Morgan fingerprint density at radius 2 is 1.48 bits per heavy atom. The topological polar surface area (TPSA) is 55.8 Å². The number of aliphatic carboxylic acids is 1. The highest BCUT2D eigenvalue weighted by atomic mass is 28.5. The number of carbonyl (C=O) groups is 1. The van der Waals surface area contributed by atoms with Gasteiger partial charge in [-0.1, -0.05) is 26.2 Å². The molecule has 0 aromatic carbocycles. The third-order valence-corrected chi connectivity index (χ3v) is 16.1. The average Bonchev–Trinajstić information content (AvgIpc) is 2.33. The SMILES string of the molecule is CCCCC[Si](C)(C)O[Si](C)(C)O[Si](C)(C)/C(C)=C(\C)C(=O)O. The van der Waals surface area contributed by atoms with Crippen molar-refractivity contribution in [3.05, 3.63) is 10.8 Å². The number of allylic oxidation sites excluding steroid dienone is 1. The molecule has 0 aromatic heterocycles. The zero-order valence-electron chi connectivity index (χ0n) is 16.5. The van der Waals surface area contributed by atoms with Crippen LogP contribution < -0.4 is 0 Å². The summed E-state index contributed by atoms with van der Waals surface area (Å²) in [5, 5.41) is 10.1. The highest BCUT2D eigenvalue weighted by molar-refractivity contribution is 6.90. The molecule has 0 saturated carbocycles. The molecule has 0 aliphatic heterocycles. The van der Waals surface area contributed by atoms with E-state index >= 15 is 0 Å². The molecule has 1 N–H and O–H groups in total. The van der Waals surface area contributed by atoms with E-state index in [9.17, 15) is 9.90 Å². The van der Waals surface area contributed by atoms with Gasteiger partial charge in [0.2, 0.25) is 8.32 Å². The van der Waals surface area contributed by atoms with E-state index in [2.05, 4.69) is 46.2 Å². The van der Waals surface area contributed by atoms with E-state index in [4.69, 9.17) is 8.23 Å². The van der Waals surface area contributed by atoms with Crippen LogP contribution in [-0.4, -0.2) is 36.3 Å². The molecule has 23 heavy (non-hydrogen) atoms. The third kappa shape index (κ3) is 8.44. The van der Waals surface area contributed by atoms with Crippen molar-refractivity contribution in [1.29, 1.82) is 0 Å². The summed E-state index contributed by atoms with van der Waals surface area (Å²) in [6.45, 7) is 18.6. The van der Waals surface area contributed by atoms with Gasteiger partial charge in [0.15, 0.2) is 8.32 Å². The van der Waals surface area contributed by atoms with Crippen molar-refractivity contribution >= 4 is 31.2 Å². The molecule has 0 fully saturated rings. The van der Waals surface area contributed by atoms with Crippen molar-refractivity contribution in [2.75, 3.05) is 0 Å². The summed E-state index contributed by atoms with van der Waals surface area (Å²) < 4.78 is 13.0. The van der Waals surface area contributed by atoms with Crippen molar-refractivity contribution < 1.29 is 18.1 Å². The summed E-state index contributed by atoms with van der Waals surface area (Å²) >= 11 is 0. The second-order valence-corrected chi connectivity index (χ2v) is 20.1. The molecule has 0 aromatic rings. The zero-order chi connectivity index (χ0) is 18.5. The number of hydrogen-bond acceptors (Lipinski definition) is 3. The number of rotatable bonds is 10. The van der Waals surface area contributed by atoms with E-state index in [0.717, 1.165) is 11.2 Å². The summed E-state index contributed by atoms with van der Waals surface area (Å²) in [6.07, 6.45) is 3.70. The predicted molar refractivity (Wildman–Crippen MR) is 105 cm³/mol. The van der Waals surface area contributed by atoms with E-state index in [1.54, 1.807) is 6.92 Å². The lowest BCUT2D eigenvalue weighted by molar-refractivity contribution is -0.132. The summed E-state index contributed by atoms with van der Waals surface area (Å²) in [6, 6.07) is 1.16. The van der Waals surface area contributed by atoms with Gasteiger partial charge in [0.1, 0.15) is 0 Å². The van der Waals surface area contributed by atoms with Crippen LogP contribution in [0, 0.1) is 0 Å². The monoisotopic (exact) mass is 376 g/mol. The van der Waals surface area contributed by atoms with Gasteiger partial charge in [-0.2, -0.15) is 0 Å². The van der Waals surface area contributed by atoms with Gasteiger partial charge in [0.25, 0.3) is 0 Å². The Morgan fingerprint density at radius 1 is 0.957 bits per heavy atom. The second-order valence-electron chi connectivity index (χ2n) is 7.89. The molecule has 136 valence electrons. The highest BCUT2D eigenvalue weighted by Crippen LogP contribution is 2.28. The first-order chi connectivity index (χ1) is 10.2. The van der Waals surface area contributed by atoms with E-state index in [1.165, 1.54) is 19.3 Å². The lowest BCUT2D eigenvalue weighted by atomic mass is 10.3. The molecule has 0 spiro atoms. The first-order valence-corrected chi connectivity index (χ1v) is 17.4. The fourth-order valence-corrected chi connectivity index (χ4v) is 16.8. The quantitative estimate of drug-likeness (QED) is 0.320. The van der Waals surface area contributed by atoms with Gasteiger partial charge in [0, 0.05) is 5.57 Å². The van der Waals surface area contributed by atoms with Crippen LogP contribution in [0.3, 0.4) is 0 Å². The fraction of sp³-hybridized carbons (Fsp3) is 0.812. The van der Waals surface area contributed by atoms with E-state index < -0.39 is 31.2 Å². The first kappa shape index (κ1) is 22.8. The average molecular weight is 377 g/mol. The molecule has 0 heterocycles.